The molecule has 0 N–H and O–H groups in total. The van der Waals surface area contributed by atoms with Gasteiger partial charge in [-0.3, -0.25) is 4.79 Å². The van der Waals surface area contributed by atoms with Gasteiger partial charge in [-0.15, -0.1) is 0 Å². The maximum Gasteiger partial charge on any atom is 0.256 e. The van der Waals surface area contributed by atoms with Crippen LogP contribution in [0.1, 0.15) is 6.42 Å². The molecule has 0 aromatic carbocycles. The Morgan fingerprint density at radius 1 is 1.58 bits per heavy atom. The highest BCUT2D eigenvalue weighted by Gasteiger charge is 2.36. The highest BCUT2D eigenvalue weighted by Crippen LogP contribution is 2.24. The summed E-state index contributed by atoms with van der Waals surface area (Å²) in [6.07, 6.45) is -1.63. The van der Waals surface area contributed by atoms with Gasteiger partial charge in [-0.25, -0.2) is 12.8 Å². The van der Waals surface area contributed by atoms with Crippen LogP contribution in [0.3, 0.4) is 0 Å². The summed E-state index contributed by atoms with van der Waals surface area (Å²) in [5.41, 5.74) is 0. The maximum atomic E-state index is 12.8. The monoisotopic (exact) mass is 214 g/mol. The average molecular weight is 215 g/mol. The largest absolute Gasteiger partial charge is 0.278 e. The van der Waals surface area contributed by atoms with E-state index in [1.807, 2.05) is 0 Å². The normalized spacial score (nSPS) is 30.0. The Morgan fingerprint density at radius 3 is 2.50 bits per heavy atom. The first kappa shape index (κ1) is 9.92. The van der Waals surface area contributed by atoms with Crippen molar-refractivity contribution in [1.82, 2.24) is 0 Å². The second-order valence-corrected chi connectivity index (χ2v) is 5.47. The summed E-state index contributed by atoms with van der Waals surface area (Å²) in [5, 5.41) is -1.10. The standard InChI is InChI=1S/C6H8ClFO3S/c7-6(9)5(8)4-1-2-12(10,11)3-4/h4-5H,1-3H2. The first-order valence-corrected chi connectivity index (χ1v) is 5.66. The van der Waals surface area contributed by atoms with E-state index < -0.39 is 27.2 Å². The zero-order valence-corrected chi connectivity index (χ0v) is 7.74. The van der Waals surface area contributed by atoms with E-state index in [1.165, 1.54) is 0 Å². The van der Waals surface area contributed by atoms with Gasteiger partial charge in [0.05, 0.1) is 11.5 Å². The molecular formula is C6H8ClFO3S. The van der Waals surface area contributed by atoms with E-state index in [2.05, 4.69) is 0 Å². The fourth-order valence-electron chi connectivity index (χ4n) is 1.24. The minimum absolute atomic E-state index is 0.0394. The molecule has 0 radical (unpaired) electrons. The number of rotatable bonds is 2. The summed E-state index contributed by atoms with van der Waals surface area (Å²) < 4.78 is 34.5. The lowest BCUT2D eigenvalue weighted by atomic mass is 10.0. The van der Waals surface area contributed by atoms with Gasteiger partial charge in [-0.1, -0.05) is 0 Å². The molecule has 1 heterocycles. The van der Waals surface area contributed by atoms with Gasteiger partial charge in [0.15, 0.2) is 16.0 Å². The summed E-state index contributed by atoms with van der Waals surface area (Å²) in [5.74, 6) is -1.03. The number of sulfone groups is 1. The first-order chi connectivity index (χ1) is 5.42. The van der Waals surface area contributed by atoms with Gasteiger partial charge in [-0.2, -0.15) is 0 Å². The molecule has 70 valence electrons. The van der Waals surface area contributed by atoms with E-state index in [-0.39, 0.29) is 17.9 Å². The van der Waals surface area contributed by atoms with E-state index in [0.717, 1.165) is 0 Å². The molecule has 0 spiro atoms. The Balaban J connectivity index is 2.64. The molecular weight excluding hydrogens is 207 g/mol. The molecule has 1 aliphatic rings. The molecule has 1 saturated heterocycles. The summed E-state index contributed by atoms with van der Waals surface area (Å²) in [7, 11) is -3.12. The van der Waals surface area contributed by atoms with E-state index in [4.69, 9.17) is 11.6 Å². The summed E-state index contributed by atoms with van der Waals surface area (Å²) in [6, 6.07) is 0. The molecule has 2 atom stereocenters. The van der Waals surface area contributed by atoms with Gasteiger partial charge in [0, 0.05) is 5.92 Å². The minimum Gasteiger partial charge on any atom is -0.278 e. The van der Waals surface area contributed by atoms with E-state index in [9.17, 15) is 17.6 Å². The molecule has 1 rings (SSSR count). The van der Waals surface area contributed by atoms with Crippen molar-refractivity contribution < 1.29 is 17.6 Å². The van der Waals surface area contributed by atoms with Crippen molar-refractivity contribution in [3.8, 4) is 0 Å². The summed E-state index contributed by atoms with van der Waals surface area (Å²) >= 11 is 4.89. The first-order valence-electron chi connectivity index (χ1n) is 3.46. The quantitative estimate of drug-likeness (QED) is 0.630. The topological polar surface area (TPSA) is 51.2 Å². The molecule has 1 aliphatic heterocycles. The smallest absolute Gasteiger partial charge is 0.256 e. The van der Waals surface area contributed by atoms with Crippen LogP contribution in [0.5, 0.6) is 0 Å². The molecule has 0 aromatic heterocycles. The third-order valence-corrected chi connectivity index (χ3v) is 3.90. The van der Waals surface area contributed by atoms with Gasteiger partial charge in [0.2, 0.25) is 0 Å². The molecule has 12 heavy (non-hydrogen) atoms. The maximum absolute atomic E-state index is 12.8. The SMILES string of the molecule is O=C(Cl)C(F)C1CCS(=O)(=O)C1. The van der Waals surface area contributed by atoms with Crippen molar-refractivity contribution in [2.45, 2.75) is 12.6 Å². The molecule has 0 aliphatic carbocycles. The predicted molar refractivity (Wildman–Crippen MR) is 42.5 cm³/mol. The molecule has 2 unspecified atom stereocenters. The second-order valence-electron chi connectivity index (χ2n) is 2.87. The van der Waals surface area contributed by atoms with E-state index >= 15 is 0 Å². The molecule has 6 heteroatoms. The Hall–Kier alpha value is -0.160. The fraction of sp³-hybridized carbons (Fsp3) is 0.833. The van der Waals surface area contributed by atoms with Gasteiger partial charge in [0.1, 0.15) is 0 Å². The zero-order chi connectivity index (χ0) is 9.35. The van der Waals surface area contributed by atoms with Crippen LogP contribution < -0.4 is 0 Å². The van der Waals surface area contributed by atoms with Crippen molar-refractivity contribution in [2.24, 2.45) is 5.92 Å². The van der Waals surface area contributed by atoms with Gasteiger partial charge < -0.3 is 0 Å². The lowest BCUT2D eigenvalue weighted by Gasteiger charge is -2.07. The van der Waals surface area contributed by atoms with Crippen molar-refractivity contribution in [1.29, 1.82) is 0 Å². The van der Waals surface area contributed by atoms with Gasteiger partial charge >= 0.3 is 0 Å². The number of alkyl halides is 1. The Morgan fingerprint density at radius 2 is 2.17 bits per heavy atom. The molecule has 0 bridgehead atoms. The van der Waals surface area contributed by atoms with Crippen LogP contribution in [0.15, 0.2) is 0 Å². The molecule has 0 aromatic rings. The third kappa shape index (κ3) is 2.17. The summed E-state index contributed by atoms with van der Waals surface area (Å²) in [4.78, 5) is 10.3. The Kier molecular flexibility index (Phi) is 2.73. The van der Waals surface area contributed by atoms with Crippen LogP contribution in [-0.2, 0) is 14.6 Å². The van der Waals surface area contributed by atoms with E-state index in [0.29, 0.717) is 0 Å². The third-order valence-electron chi connectivity index (χ3n) is 1.90. The Bertz CT molecular complexity index is 287. The fourth-order valence-corrected chi connectivity index (χ4v) is 3.23. The van der Waals surface area contributed by atoms with Crippen LogP contribution in [0.4, 0.5) is 4.39 Å². The van der Waals surface area contributed by atoms with Crippen molar-refractivity contribution in [2.75, 3.05) is 11.5 Å². The van der Waals surface area contributed by atoms with Crippen LogP contribution in [0.2, 0.25) is 0 Å². The highest BCUT2D eigenvalue weighted by molar-refractivity contribution is 7.91. The zero-order valence-electron chi connectivity index (χ0n) is 6.16. The van der Waals surface area contributed by atoms with Crippen molar-refractivity contribution in [3.05, 3.63) is 0 Å². The molecule has 1 fully saturated rings. The lowest BCUT2D eigenvalue weighted by molar-refractivity contribution is -0.117. The number of hydrogen-bond acceptors (Lipinski definition) is 3. The summed E-state index contributed by atoms with van der Waals surface area (Å²) in [6.45, 7) is 0. The molecule has 0 amide bonds. The van der Waals surface area contributed by atoms with Gasteiger partial charge in [0.25, 0.3) is 5.24 Å². The van der Waals surface area contributed by atoms with Crippen LogP contribution in [0.25, 0.3) is 0 Å². The number of halogens is 2. The molecule has 3 nitrogen and oxygen atoms in total. The predicted octanol–water partition coefficient (Wildman–Crippen LogP) is 0.525. The Labute approximate surface area is 74.8 Å². The van der Waals surface area contributed by atoms with Crippen LogP contribution >= 0.6 is 11.6 Å². The number of carbonyl (C=O) groups is 1. The second kappa shape index (κ2) is 3.30. The van der Waals surface area contributed by atoms with Crippen molar-refractivity contribution >= 4 is 26.7 Å². The minimum atomic E-state index is -3.12. The van der Waals surface area contributed by atoms with E-state index in [1.54, 1.807) is 0 Å². The number of carbonyl (C=O) groups excluding carboxylic acids is 1. The average Bonchev–Trinajstić information content (AvgIpc) is 2.28. The van der Waals surface area contributed by atoms with Gasteiger partial charge in [-0.05, 0) is 18.0 Å². The van der Waals surface area contributed by atoms with Crippen LogP contribution in [0, 0.1) is 5.92 Å². The molecule has 0 saturated carbocycles. The lowest BCUT2D eigenvalue weighted by Crippen LogP contribution is -2.22. The number of hydrogen-bond donors (Lipinski definition) is 0. The van der Waals surface area contributed by atoms with Crippen LogP contribution in [-0.4, -0.2) is 31.3 Å². The highest BCUT2D eigenvalue weighted by atomic mass is 35.5. The van der Waals surface area contributed by atoms with Crippen molar-refractivity contribution in [3.63, 3.8) is 0 Å².